The topological polar surface area (TPSA) is 41.9 Å². The largest absolute Gasteiger partial charge is 0.390 e. The highest BCUT2D eigenvalue weighted by Gasteiger charge is 2.27. The molecule has 3 rings (SSSR count). The molecule has 2 aromatic carbocycles. The SMILES string of the molecule is C=CCN(C[C@H]1CC(c2ccc(Cl)c(Cl)c2)=NO1)C(=O)c1cccc(F)c1. The lowest BCUT2D eigenvalue weighted by Crippen LogP contribution is -2.37. The quantitative estimate of drug-likeness (QED) is 0.636. The lowest BCUT2D eigenvalue weighted by Gasteiger charge is -2.23. The van der Waals surface area contributed by atoms with Crippen molar-refractivity contribution < 1.29 is 14.0 Å². The normalized spacial score (nSPS) is 15.8. The van der Waals surface area contributed by atoms with Gasteiger partial charge in [0.1, 0.15) is 5.82 Å². The first-order valence-electron chi connectivity index (χ1n) is 8.31. The summed E-state index contributed by atoms with van der Waals surface area (Å²) in [6.45, 7) is 4.30. The maximum atomic E-state index is 13.4. The van der Waals surface area contributed by atoms with Crippen LogP contribution < -0.4 is 0 Å². The number of carbonyl (C=O) groups excluding carboxylic acids is 1. The van der Waals surface area contributed by atoms with Crippen molar-refractivity contribution in [1.82, 2.24) is 4.90 Å². The van der Waals surface area contributed by atoms with Crippen LogP contribution in [-0.4, -0.2) is 35.7 Å². The first-order chi connectivity index (χ1) is 13.0. The minimum absolute atomic E-state index is 0.278. The molecule has 1 aliphatic rings. The van der Waals surface area contributed by atoms with Gasteiger partial charge in [-0.15, -0.1) is 6.58 Å². The van der Waals surface area contributed by atoms with Crippen molar-refractivity contribution in [2.45, 2.75) is 12.5 Å². The predicted molar refractivity (Wildman–Crippen MR) is 105 cm³/mol. The molecule has 0 fully saturated rings. The number of halogens is 3. The summed E-state index contributed by atoms with van der Waals surface area (Å²) in [6.07, 6.45) is 1.82. The Bertz CT molecular complexity index is 901. The van der Waals surface area contributed by atoms with Gasteiger partial charge in [0.15, 0.2) is 6.10 Å². The summed E-state index contributed by atoms with van der Waals surface area (Å²) in [5.74, 6) is -0.747. The van der Waals surface area contributed by atoms with Gasteiger partial charge in [0.05, 0.1) is 22.3 Å². The third-order valence-corrected chi connectivity index (χ3v) is 4.86. The van der Waals surface area contributed by atoms with E-state index in [-0.39, 0.29) is 17.6 Å². The molecule has 140 valence electrons. The van der Waals surface area contributed by atoms with Crippen LogP contribution in [0.5, 0.6) is 0 Å². The zero-order valence-electron chi connectivity index (χ0n) is 14.4. The molecule has 0 saturated carbocycles. The lowest BCUT2D eigenvalue weighted by atomic mass is 10.0. The van der Waals surface area contributed by atoms with Crippen LogP contribution in [0.15, 0.2) is 60.3 Å². The Morgan fingerprint density at radius 1 is 1.30 bits per heavy atom. The minimum atomic E-state index is -0.457. The highest BCUT2D eigenvalue weighted by molar-refractivity contribution is 6.42. The number of nitrogens with zero attached hydrogens (tertiary/aromatic N) is 2. The number of rotatable bonds is 6. The van der Waals surface area contributed by atoms with E-state index >= 15 is 0 Å². The van der Waals surface area contributed by atoms with Gasteiger partial charge in [-0.25, -0.2) is 4.39 Å². The second-order valence-electron chi connectivity index (χ2n) is 6.11. The van der Waals surface area contributed by atoms with E-state index in [0.29, 0.717) is 29.6 Å². The van der Waals surface area contributed by atoms with E-state index in [1.54, 1.807) is 29.2 Å². The third kappa shape index (κ3) is 4.67. The van der Waals surface area contributed by atoms with E-state index < -0.39 is 5.82 Å². The molecule has 1 atom stereocenters. The Kier molecular flexibility index (Phi) is 6.14. The molecule has 0 unspecified atom stereocenters. The summed E-state index contributed by atoms with van der Waals surface area (Å²) in [5, 5.41) is 5.02. The summed E-state index contributed by atoms with van der Waals surface area (Å²) in [7, 11) is 0. The molecule has 0 aliphatic carbocycles. The van der Waals surface area contributed by atoms with Gasteiger partial charge < -0.3 is 9.74 Å². The molecule has 1 aliphatic heterocycles. The average Bonchev–Trinajstić information content (AvgIpc) is 3.11. The predicted octanol–water partition coefficient (Wildman–Crippen LogP) is 4.95. The second-order valence-corrected chi connectivity index (χ2v) is 6.92. The number of hydrogen-bond donors (Lipinski definition) is 0. The molecule has 0 N–H and O–H groups in total. The zero-order chi connectivity index (χ0) is 19.4. The van der Waals surface area contributed by atoms with Gasteiger partial charge in [0, 0.05) is 24.1 Å². The number of oxime groups is 1. The van der Waals surface area contributed by atoms with Gasteiger partial charge in [-0.05, 0) is 30.3 Å². The Balaban J connectivity index is 1.68. The van der Waals surface area contributed by atoms with Crippen molar-refractivity contribution in [2.75, 3.05) is 13.1 Å². The maximum Gasteiger partial charge on any atom is 0.254 e. The summed E-state index contributed by atoms with van der Waals surface area (Å²) in [6, 6.07) is 10.8. The van der Waals surface area contributed by atoms with Crippen molar-refractivity contribution >= 4 is 34.8 Å². The van der Waals surface area contributed by atoms with Gasteiger partial charge in [0.2, 0.25) is 0 Å². The first kappa shape index (κ1) is 19.4. The maximum absolute atomic E-state index is 13.4. The fourth-order valence-electron chi connectivity index (χ4n) is 2.82. The van der Waals surface area contributed by atoms with Crippen LogP contribution in [0.2, 0.25) is 10.0 Å². The van der Waals surface area contributed by atoms with Crippen LogP contribution in [0.3, 0.4) is 0 Å². The van der Waals surface area contributed by atoms with Gasteiger partial charge in [0.25, 0.3) is 5.91 Å². The first-order valence-corrected chi connectivity index (χ1v) is 9.07. The van der Waals surface area contributed by atoms with Gasteiger partial charge in [-0.2, -0.15) is 0 Å². The van der Waals surface area contributed by atoms with Crippen LogP contribution in [0, 0.1) is 5.82 Å². The highest BCUT2D eigenvalue weighted by Crippen LogP contribution is 2.26. The Morgan fingerprint density at radius 3 is 2.81 bits per heavy atom. The van der Waals surface area contributed by atoms with E-state index in [9.17, 15) is 9.18 Å². The average molecular weight is 407 g/mol. The summed E-state index contributed by atoms with van der Waals surface area (Å²) in [4.78, 5) is 19.7. The molecule has 0 bridgehead atoms. The zero-order valence-corrected chi connectivity index (χ0v) is 15.9. The van der Waals surface area contributed by atoms with Crippen molar-refractivity contribution in [3.63, 3.8) is 0 Å². The van der Waals surface area contributed by atoms with E-state index in [1.165, 1.54) is 18.2 Å². The van der Waals surface area contributed by atoms with Crippen molar-refractivity contribution in [3.8, 4) is 0 Å². The molecule has 0 spiro atoms. The van der Waals surface area contributed by atoms with Gasteiger partial charge in [-0.1, -0.05) is 46.6 Å². The molecule has 1 amide bonds. The third-order valence-electron chi connectivity index (χ3n) is 4.12. The summed E-state index contributed by atoms with van der Waals surface area (Å²) in [5.41, 5.74) is 1.83. The molecule has 2 aromatic rings. The summed E-state index contributed by atoms with van der Waals surface area (Å²) < 4.78 is 13.4. The molecule has 27 heavy (non-hydrogen) atoms. The van der Waals surface area contributed by atoms with E-state index in [2.05, 4.69) is 11.7 Å². The van der Waals surface area contributed by atoms with Gasteiger partial charge in [-0.3, -0.25) is 4.79 Å². The smallest absolute Gasteiger partial charge is 0.254 e. The second kappa shape index (κ2) is 8.55. The fraction of sp³-hybridized carbons (Fsp3) is 0.200. The Labute approximate surface area is 166 Å². The molecule has 4 nitrogen and oxygen atoms in total. The standard InChI is InChI=1S/C20H17Cl2FN2O2/c1-2-8-25(20(26)14-4-3-5-15(23)9-14)12-16-11-19(24-27-16)13-6-7-17(21)18(22)10-13/h2-7,9-10,16H,1,8,11-12H2/t16-/m1/s1. The molecular formula is C20H17Cl2FN2O2. The molecule has 0 radical (unpaired) electrons. The van der Waals surface area contributed by atoms with Crippen LogP contribution in [0.1, 0.15) is 22.3 Å². The van der Waals surface area contributed by atoms with Crippen LogP contribution in [-0.2, 0) is 4.84 Å². The van der Waals surface area contributed by atoms with Crippen molar-refractivity contribution in [2.24, 2.45) is 5.16 Å². The van der Waals surface area contributed by atoms with E-state index in [1.807, 2.05) is 6.07 Å². The van der Waals surface area contributed by atoms with Crippen molar-refractivity contribution in [3.05, 3.63) is 82.1 Å². The van der Waals surface area contributed by atoms with Gasteiger partial charge >= 0.3 is 0 Å². The molecular weight excluding hydrogens is 390 g/mol. The molecule has 0 aromatic heterocycles. The van der Waals surface area contributed by atoms with E-state index in [4.69, 9.17) is 28.0 Å². The summed E-state index contributed by atoms with van der Waals surface area (Å²) >= 11 is 12.0. The van der Waals surface area contributed by atoms with Crippen LogP contribution in [0.4, 0.5) is 4.39 Å². The highest BCUT2D eigenvalue weighted by atomic mass is 35.5. The fourth-order valence-corrected chi connectivity index (χ4v) is 3.12. The number of benzene rings is 2. The minimum Gasteiger partial charge on any atom is -0.390 e. The molecule has 0 saturated heterocycles. The molecule has 1 heterocycles. The number of hydrogen-bond acceptors (Lipinski definition) is 3. The lowest BCUT2D eigenvalue weighted by molar-refractivity contribution is 0.0449. The van der Waals surface area contributed by atoms with E-state index in [0.717, 1.165) is 11.3 Å². The van der Waals surface area contributed by atoms with Crippen molar-refractivity contribution in [1.29, 1.82) is 0 Å². The number of carbonyl (C=O) groups is 1. The number of amides is 1. The Morgan fingerprint density at radius 2 is 2.11 bits per heavy atom. The monoisotopic (exact) mass is 406 g/mol. The van der Waals surface area contributed by atoms with Crippen LogP contribution >= 0.6 is 23.2 Å². The molecule has 7 heteroatoms. The van der Waals surface area contributed by atoms with Crippen LogP contribution in [0.25, 0.3) is 0 Å². The Hall–Kier alpha value is -2.37.